The topological polar surface area (TPSA) is 105 Å². The molecule has 0 atom stereocenters. The van der Waals surface area contributed by atoms with Crippen molar-refractivity contribution in [1.29, 1.82) is 0 Å². The Labute approximate surface area is 200 Å². The van der Waals surface area contributed by atoms with Crippen LogP contribution in [0.3, 0.4) is 0 Å². The van der Waals surface area contributed by atoms with Crippen LogP contribution in [0.25, 0.3) is 11.1 Å². The molecule has 2 aliphatic rings. The molecule has 5 rings (SSSR count). The Morgan fingerprint density at radius 2 is 1.59 bits per heavy atom. The highest BCUT2D eigenvalue weighted by molar-refractivity contribution is 6.31. The molecule has 0 aromatic heterocycles. The molecule has 3 aromatic carbocycles. The van der Waals surface area contributed by atoms with Gasteiger partial charge in [-0.1, -0.05) is 60.1 Å². The summed E-state index contributed by atoms with van der Waals surface area (Å²) >= 11 is 5.96. The van der Waals surface area contributed by atoms with Crippen molar-refractivity contribution in [3.63, 3.8) is 0 Å². The second kappa shape index (κ2) is 8.50. The molecule has 2 aliphatic carbocycles. The van der Waals surface area contributed by atoms with Crippen LogP contribution in [0.5, 0.6) is 0 Å². The summed E-state index contributed by atoms with van der Waals surface area (Å²) in [6.45, 7) is 0.147. The molecular formula is C26H21ClN2O5. The van der Waals surface area contributed by atoms with Gasteiger partial charge in [0.05, 0.1) is 5.56 Å². The number of carbonyl (C=O) groups is 3. The Morgan fingerprint density at radius 1 is 0.971 bits per heavy atom. The Kier molecular flexibility index (Phi) is 5.49. The highest BCUT2D eigenvalue weighted by atomic mass is 35.5. The molecular weight excluding hydrogens is 456 g/mol. The molecule has 1 saturated carbocycles. The second-order valence-corrected chi connectivity index (χ2v) is 8.96. The smallest absolute Gasteiger partial charge is 0.408 e. The van der Waals surface area contributed by atoms with Crippen LogP contribution in [0.2, 0.25) is 5.02 Å². The lowest BCUT2D eigenvalue weighted by Crippen LogP contribution is -2.46. The van der Waals surface area contributed by atoms with E-state index in [0.29, 0.717) is 12.8 Å². The Hall–Kier alpha value is -3.84. The third-order valence-electron chi connectivity index (χ3n) is 6.27. The summed E-state index contributed by atoms with van der Waals surface area (Å²) in [7, 11) is 0. The number of carboxylic acids is 1. The van der Waals surface area contributed by atoms with Gasteiger partial charge in [-0.25, -0.2) is 9.59 Å². The first-order valence-corrected chi connectivity index (χ1v) is 11.2. The number of ether oxygens (including phenoxy) is 1. The van der Waals surface area contributed by atoms with Crippen molar-refractivity contribution >= 4 is 35.3 Å². The maximum absolute atomic E-state index is 12.8. The molecule has 172 valence electrons. The predicted molar refractivity (Wildman–Crippen MR) is 127 cm³/mol. The van der Waals surface area contributed by atoms with Gasteiger partial charge in [0.25, 0.3) is 0 Å². The zero-order chi connectivity index (χ0) is 23.9. The fraction of sp³-hybridized carbons (Fsp3) is 0.192. The van der Waals surface area contributed by atoms with Crippen molar-refractivity contribution < 1.29 is 24.2 Å². The quantitative estimate of drug-likeness (QED) is 0.462. The van der Waals surface area contributed by atoms with Gasteiger partial charge in [0.2, 0.25) is 5.91 Å². The van der Waals surface area contributed by atoms with E-state index in [1.54, 1.807) is 0 Å². The maximum atomic E-state index is 12.8. The van der Waals surface area contributed by atoms with E-state index in [9.17, 15) is 19.5 Å². The molecule has 0 bridgehead atoms. The number of aromatic carboxylic acids is 1. The van der Waals surface area contributed by atoms with Crippen molar-refractivity contribution in [3.05, 3.63) is 88.4 Å². The van der Waals surface area contributed by atoms with Gasteiger partial charge in [-0.05, 0) is 53.3 Å². The first-order valence-electron chi connectivity index (χ1n) is 10.8. The molecule has 0 saturated heterocycles. The lowest BCUT2D eigenvalue weighted by Gasteiger charge is -2.19. The van der Waals surface area contributed by atoms with Crippen LogP contribution in [0.4, 0.5) is 10.5 Å². The molecule has 3 aromatic rings. The summed E-state index contributed by atoms with van der Waals surface area (Å²) in [6, 6.07) is 20.2. The van der Waals surface area contributed by atoms with E-state index >= 15 is 0 Å². The van der Waals surface area contributed by atoms with Gasteiger partial charge in [0.1, 0.15) is 12.1 Å². The van der Waals surface area contributed by atoms with Crippen LogP contribution in [0.1, 0.15) is 40.2 Å². The van der Waals surface area contributed by atoms with Gasteiger partial charge in [0.15, 0.2) is 0 Å². The Bertz CT molecular complexity index is 1270. The molecule has 8 heteroatoms. The van der Waals surface area contributed by atoms with Gasteiger partial charge >= 0.3 is 12.1 Å². The molecule has 0 unspecified atom stereocenters. The van der Waals surface area contributed by atoms with Crippen molar-refractivity contribution in [2.24, 2.45) is 0 Å². The molecule has 0 aliphatic heterocycles. The van der Waals surface area contributed by atoms with E-state index in [-0.39, 0.29) is 28.8 Å². The van der Waals surface area contributed by atoms with Gasteiger partial charge in [-0.15, -0.1) is 0 Å². The summed E-state index contributed by atoms with van der Waals surface area (Å²) in [5.74, 6) is -1.68. The number of halogens is 1. The fourth-order valence-electron chi connectivity index (χ4n) is 4.40. The van der Waals surface area contributed by atoms with E-state index in [1.807, 2.05) is 36.4 Å². The third kappa shape index (κ3) is 4.10. The number of carbonyl (C=O) groups excluding carboxylic acids is 2. The summed E-state index contributed by atoms with van der Waals surface area (Å²) in [4.78, 5) is 36.7. The van der Waals surface area contributed by atoms with Crippen LogP contribution in [0, 0.1) is 0 Å². The van der Waals surface area contributed by atoms with Crippen LogP contribution < -0.4 is 10.6 Å². The SMILES string of the molecule is O=C(NC1(C(=O)Nc2cc(Cl)cc(C(=O)O)c2)CC1)OCC1c2ccccc2-c2ccccc21. The van der Waals surface area contributed by atoms with E-state index in [2.05, 4.69) is 22.8 Å². The normalized spacial score (nSPS) is 15.1. The van der Waals surface area contributed by atoms with Crippen molar-refractivity contribution in [3.8, 4) is 11.1 Å². The lowest BCUT2D eigenvalue weighted by molar-refractivity contribution is -0.119. The highest BCUT2D eigenvalue weighted by Crippen LogP contribution is 2.44. The summed E-state index contributed by atoms with van der Waals surface area (Å²) in [6.07, 6.45) is 0.233. The van der Waals surface area contributed by atoms with Gasteiger partial charge in [0, 0.05) is 16.6 Å². The minimum atomic E-state index is -1.16. The average molecular weight is 477 g/mol. The number of nitrogens with one attached hydrogen (secondary N) is 2. The molecule has 3 N–H and O–H groups in total. The van der Waals surface area contributed by atoms with Crippen LogP contribution in [-0.4, -0.2) is 35.2 Å². The average Bonchev–Trinajstić information content (AvgIpc) is 3.53. The number of alkyl carbamates (subject to hydrolysis) is 1. The summed E-state index contributed by atoms with van der Waals surface area (Å²) < 4.78 is 5.56. The molecule has 0 spiro atoms. The predicted octanol–water partition coefficient (Wildman–Crippen LogP) is 5.05. The molecule has 7 nitrogen and oxygen atoms in total. The summed E-state index contributed by atoms with van der Waals surface area (Å²) in [5.41, 5.74) is 3.58. The van der Waals surface area contributed by atoms with Crippen LogP contribution in [-0.2, 0) is 9.53 Å². The molecule has 0 radical (unpaired) electrons. The number of amides is 2. The van der Waals surface area contributed by atoms with E-state index in [1.165, 1.54) is 18.2 Å². The highest BCUT2D eigenvalue weighted by Gasteiger charge is 2.52. The van der Waals surface area contributed by atoms with Crippen molar-refractivity contribution in [2.75, 3.05) is 11.9 Å². The molecule has 2 amide bonds. The monoisotopic (exact) mass is 476 g/mol. The number of anilines is 1. The van der Waals surface area contributed by atoms with E-state index in [4.69, 9.17) is 16.3 Å². The molecule has 0 heterocycles. The number of hydrogen-bond acceptors (Lipinski definition) is 4. The Morgan fingerprint density at radius 3 is 2.18 bits per heavy atom. The number of fused-ring (bicyclic) bond motifs is 3. The molecule has 1 fully saturated rings. The second-order valence-electron chi connectivity index (χ2n) is 8.52. The standard InChI is InChI=1S/C26H21ClN2O5/c27-16-11-15(23(30)31)12-17(13-16)28-24(32)26(9-10-26)29-25(33)34-14-22-20-7-3-1-5-18(20)19-6-2-4-8-21(19)22/h1-8,11-13,22H,9-10,14H2,(H,28,32)(H,29,33)(H,30,31). The first-order chi connectivity index (χ1) is 16.4. The third-order valence-corrected chi connectivity index (χ3v) is 6.49. The lowest BCUT2D eigenvalue weighted by atomic mass is 9.98. The number of benzene rings is 3. The van der Waals surface area contributed by atoms with E-state index in [0.717, 1.165) is 22.3 Å². The number of carboxylic acid groups (broad SMARTS) is 1. The van der Waals surface area contributed by atoms with Crippen molar-refractivity contribution in [2.45, 2.75) is 24.3 Å². The zero-order valence-electron chi connectivity index (χ0n) is 18.0. The van der Waals surface area contributed by atoms with Crippen molar-refractivity contribution in [1.82, 2.24) is 5.32 Å². The van der Waals surface area contributed by atoms with Crippen LogP contribution in [0.15, 0.2) is 66.7 Å². The minimum absolute atomic E-state index is 0.0443. The van der Waals surface area contributed by atoms with Gasteiger partial charge < -0.3 is 20.5 Å². The first kappa shape index (κ1) is 22.0. The van der Waals surface area contributed by atoms with E-state index < -0.39 is 23.5 Å². The van der Waals surface area contributed by atoms with Gasteiger partial charge in [-0.2, -0.15) is 0 Å². The van der Waals surface area contributed by atoms with Crippen LogP contribution >= 0.6 is 11.6 Å². The minimum Gasteiger partial charge on any atom is -0.478 e. The summed E-state index contributed by atoms with van der Waals surface area (Å²) in [5, 5.41) is 14.7. The molecule has 34 heavy (non-hydrogen) atoms. The Balaban J connectivity index is 1.24. The zero-order valence-corrected chi connectivity index (χ0v) is 18.8. The number of rotatable bonds is 6. The van der Waals surface area contributed by atoms with Gasteiger partial charge in [-0.3, -0.25) is 4.79 Å². The number of hydrogen-bond donors (Lipinski definition) is 3. The fourth-order valence-corrected chi connectivity index (χ4v) is 4.63. The largest absolute Gasteiger partial charge is 0.478 e. The maximum Gasteiger partial charge on any atom is 0.408 e.